The van der Waals surface area contributed by atoms with Crippen molar-refractivity contribution < 1.29 is 18.3 Å². The van der Waals surface area contributed by atoms with Crippen LogP contribution in [0.4, 0.5) is 13.2 Å². The van der Waals surface area contributed by atoms with E-state index in [2.05, 4.69) is 15.9 Å². The molecule has 0 aliphatic rings. The highest BCUT2D eigenvalue weighted by molar-refractivity contribution is 9.10. The van der Waals surface area contributed by atoms with Crippen LogP contribution in [0, 0.1) is 0 Å². The Kier molecular flexibility index (Phi) is 3.56. The maximum absolute atomic E-state index is 12.1. The van der Waals surface area contributed by atoms with Crippen molar-refractivity contribution in [2.45, 2.75) is 19.3 Å². The minimum Gasteiger partial charge on any atom is -0.391 e. The summed E-state index contributed by atoms with van der Waals surface area (Å²) in [5, 5.41) is 8.75. The average Bonchev–Trinajstić information content (AvgIpc) is 2.08. The predicted octanol–water partition coefficient (Wildman–Crippen LogP) is 1.67. The van der Waals surface area contributed by atoms with E-state index in [1.165, 1.54) is 6.07 Å². The topological polar surface area (TPSA) is 42.2 Å². The van der Waals surface area contributed by atoms with Crippen molar-refractivity contribution in [2.24, 2.45) is 0 Å². The van der Waals surface area contributed by atoms with Crippen LogP contribution in [0.1, 0.15) is 5.56 Å². The first-order valence-electron chi connectivity index (χ1n) is 3.90. The molecule has 0 spiro atoms. The van der Waals surface area contributed by atoms with E-state index in [1.807, 2.05) is 0 Å². The Morgan fingerprint density at radius 3 is 2.53 bits per heavy atom. The molecule has 0 saturated heterocycles. The lowest BCUT2D eigenvalue weighted by atomic mass is 10.3. The summed E-state index contributed by atoms with van der Waals surface area (Å²) in [5.41, 5.74) is -0.911. The number of alkyl halides is 3. The van der Waals surface area contributed by atoms with Gasteiger partial charge in [0.15, 0.2) is 0 Å². The lowest BCUT2D eigenvalue weighted by Gasteiger charge is -2.10. The minimum absolute atomic E-state index is 0.0753. The van der Waals surface area contributed by atoms with Crippen molar-refractivity contribution in [3.8, 4) is 0 Å². The molecule has 0 atom stereocenters. The first-order chi connectivity index (χ1) is 6.83. The van der Waals surface area contributed by atoms with Crippen LogP contribution in [-0.2, 0) is 13.2 Å². The number of aromatic nitrogens is 1. The zero-order valence-corrected chi connectivity index (χ0v) is 8.97. The van der Waals surface area contributed by atoms with Gasteiger partial charge in [0.25, 0.3) is 5.56 Å². The fraction of sp³-hybridized carbons (Fsp3) is 0.375. The number of hydrogen-bond acceptors (Lipinski definition) is 2. The normalized spacial score (nSPS) is 11.8. The van der Waals surface area contributed by atoms with E-state index in [1.54, 1.807) is 0 Å². The number of nitrogens with zero attached hydrogens (tertiary/aromatic N) is 1. The summed E-state index contributed by atoms with van der Waals surface area (Å²) in [6.07, 6.45) is -3.42. The summed E-state index contributed by atoms with van der Waals surface area (Å²) < 4.78 is 37.0. The second-order valence-electron chi connectivity index (χ2n) is 2.89. The predicted molar refractivity (Wildman–Crippen MR) is 50.4 cm³/mol. The molecule has 0 fully saturated rings. The van der Waals surface area contributed by atoms with Gasteiger partial charge >= 0.3 is 6.18 Å². The van der Waals surface area contributed by atoms with E-state index in [-0.39, 0.29) is 5.56 Å². The molecular formula is C8H7BrF3NO2. The van der Waals surface area contributed by atoms with E-state index in [0.717, 1.165) is 6.20 Å². The van der Waals surface area contributed by atoms with Crippen LogP contribution in [0.25, 0.3) is 0 Å². The van der Waals surface area contributed by atoms with Gasteiger partial charge < -0.3 is 9.67 Å². The van der Waals surface area contributed by atoms with Gasteiger partial charge in [-0.2, -0.15) is 13.2 Å². The largest absolute Gasteiger partial charge is 0.406 e. The van der Waals surface area contributed by atoms with E-state index in [0.29, 0.717) is 9.04 Å². The van der Waals surface area contributed by atoms with Gasteiger partial charge in [-0.25, -0.2) is 0 Å². The molecule has 1 aromatic rings. The highest BCUT2D eigenvalue weighted by Crippen LogP contribution is 2.18. The van der Waals surface area contributed by atoms with E-state index >= 15 is 0 Å². The second kappa shape index (κ2) is 4.36. The third-order valence-electron chi connectivity index (χ3n) is 1.65. The van der Waals surface area contributed by atoms with Crippen LogP contribution < -0.4 is 5.56 Å². The smallest absolute Gasteiger partial charge is 0.391 e. The van der Waals surface area contributed by atoms with Crippen LogP contribution in [0.2, 0.25) is 0 Å². The summed E-state index contributed by atoms with van der Waals surface area (Å²) in [7, 11) is 0. The number of halogens is 4. The van der Waals surface area contributed by atoms with Crippen molar-refractivity contribution in [1.29, 1.82) is 0 Å². The molecule has 0 aliphatic heterocycles. The van der Waals surface area contributed by atoms with Crippen LogP contribution in [0.15, 0.2) is 21.5 Å². The van der Waals surface area contributed by atoms with Gasteiger partial charge in [0.1, 0.15) is 6.54 Å². The summed E-state index contributed by atoms with van der Waals surface area (Å²) in [6, 6.07) is 1.29. The Hall–Kier alpha value is -0.820. The van der Waals surface area contributed by atoms with Crippen LogP contribution in [0.5, 0.6) is 0 Å². The van der Waals surface area contributed by atoms with Gasteiger partial charge in [-0.15, -0.1) is 0 Å². The van der Waals surface area contributed by atoms with Gasteiger partial charge in [-0.05, 0) is 22.0 Å². The van der Waals surface area contributed by atoms with Crippen molar-refractivity contribution in [1.82, 2.24) is 4.57 Å². The van der Waals surface area contributed by atoms with Gasteiger partial charge in [0, 0.05) is 16.2 Å². The molecule has 0 saturated carbocycles. The molecule has 0 aromatic carbocycles. The molecule has 0 radical (unpaired) electrons. The highest BCUT2D eigenvalue weighted by Gasteiger charge is 2.28. The van der Waals surface area contributed by atoms with Crippen LogP contribution in [-0.4, -0.2) is 15.8 Å². The Balaban J connectivity index is 3.18. The zero-order chi connectivity index (χ0) is 11.6. The lowest BCUT2D eigenvalue weighted by molar-refractivity contribution is -0.141. The standard InChI is InChI=1S/C8H7BrF3NO2/c9-6-1-5(3-14)7(15)13(2-6)4-8(10,11)12/h1-2,14H,3-4H2. The number of hydrogen-bond donors (Lipinski definition) is 1. The van der Waals surface area contributed by atoms with Crippen molar-refractivity contribution in [2.75, 3.05) is 0 Å². The molecule has 1 rings (SSSR count). The van der Waals surface area contributed by atoms with Crippen molar-refractivity contribution >= 4 is 15.9 Å². The third kappa shape index (κ3) is 3.35. The molecule has 1 aromatic heterocycles. The maximum atomic E-state index is 12.1. The van der Waals surface area contributed by atoms with Crippen LogP contribution in [0.3, 0.4) is 0 Å². The molecule has 1 heterocycles. The zero-order valence-electron chi connectivity index (χ0n) is 7.38. The molecule has 0 amide bonds. The Morgan fingerprint density at radius 2 is 2.07 bits per heavy atom. The summed E-state index contributed by atoms with van der Waals surface area (Å²) in [4.78, 5) is 11.3. The highest BCUT2D eigenvalue weighted by atomic mass is 79.9. The molecule has 0 bridgehead atoms. The second-order valence-corrected chi connectivity index (χ2v) is 3.81. The monoisotopic (exact) mass is 285 g/mol. The van der Waals surface area contributed by atoms with Crippen molar-refractivity contribution in [3.05, 3.63) is 32.7 Å². The summed E-state index contributed by atoms with van der Waals surface area (Å²) in [5.74, 6) is 0. The van der Waals surface area contributed by atoms with Gasteiger partial charge in [0.2, 0.25) is 0 Å². The number of pyridine rings is 1. The molecule has 3 nitrogen and oxygen atoms in total. The van der Waals surface area contributed by atoms with Gasteiger partial charge in [-0.3, -0.25) is 4.79 Å². The molecular weight excluding hydrogens is 279 g/mol. The molecule has 0 unspecified atom stereocenters. The average molecular weight is 286 g/mol. The number of rotatable bonds is 2. The fourth-order valence-electron chi connectivity index (χ4n) is 1.08. The van der Waals surface area contributed by atoms with Gasteiger partial charge in [0.05, 0.1) is 6.61 Å². The fourth-order valence-corrected chi connectivity index (χ4v) is 1.60. The molecule has 1 N–H and O–H groups in total. The third-order valence-corrected chi connectivity index (χ3v) is 2.08. The SMILES string of the molecule is O=c1c(CO)cc(Br)cn1CC(F)(F)F. The first-order valence-corrected chi connectivity index (χ1v) is 4.69. The van der Waals surface area contributed by atoms with E-state index in [9.17, 15) is 18.0 Å². The van der Waals surface area contributed by atoms with E-state index in [4.69, 9.17) is 5.11 Å². The minimum atomic E-state index is -4.46. The maximum Gasteiger partial charge on any atom is 0.406 e. The Morgan fingerprint density at radius 1 is 1.47 bits per heavy atom. The molecule has 84 valence electrons. The van der Waals surface area contributed by atoms with Crippen LogP contribution >= 0.6 is 15.9 Å². The molecule has 0 aliphatic carbocycles. The Labute approximate surface area is 91.3 Å². The summed E-state index contributed by atoms with van der Waals surface area (Å²) >= 11 is 2.96. The lowest BCUT2D eigenvalue weighted by Crippen LogP contribution is -2.29. The van der Waals surface area contributed by atoms with E-state index < -0.39 is 24.9 Å². The first kappa shape index (κ1) is 12.3. The number of aliphatic hydroxyl groups is 1. The quantitative estimate of drug-likeness (QED) is 0.898. The summed E-state index contributed by atoms with van der Waals surface area (Å²) in [6.45, 7) is -1.95. The molecule has 7 heteroatoms. The number of aliphatic hydroxyl groups excluding tert-OH is 1. The molecule has 15 heavy (non-hydrogen) atoms. The Bertz CT molecular complexity index is 413. The van der Waals surface area contributed by atoms with Crippen molar-refractivity contribution in [3.63, 3.8) is 0 Å². The van der Waals surface area contributed by atoms with Gasteiger partial charge in [-0.1, -0.05) is 0 Å².